The van der Waals surface area contributed by atoms with Gasteiger partial charge in [0.25, 0.3) is 11.8 Å². The monoisotopic (exact) mass is 684 g/mol. The summed E-state index contributed by atoms with van der Waals surface area (Å²) in [5.41, 5.74) is 14.6. The molecule has 2 aromatic heterocycles. The highest BCUT2D eigenvalue weighted by Gasteiger charge is 2.30. The van der Waals surface area contributed by atoms with Crippen molar-refractivity contribution in [2.75, 3.05) is 10.6 Å². The standard InChI is InChI=1S/C17H17ClFN3O2.C17H19ClFN3O/c1-9-15-11(4-3-5-14(15)21-24)16(22(9)2)17(23)20-10-6-7-13(19)12(18)8-10;1-9-15-11(4-3-5-14(15)20)16(22(9)2)17(23)21-10-6-7-13(19)12(18)8-10/h6-8,24H,3-5H2,1-2H3,(H,20,23);6-8,14H,3-5,20H2,1-2H3,(H,21,23). The topological polar surface area (TPSA) is 127 Å². The highest BCUT2D eigenvalue weighted by atomic mass is 35.5. The van der Waals surface area contributed by atoms with Gasteiger partial charge >= 0.3 is 0 Å². The lowest BCUT2D eigenvalue weighted by atomic mass is 9.88. The number of aromatic nitrogens is 2. The summed E-state index contributed by atoms with van der Waals surface area (Å²) < 4.78 is 30.2. The quantitative estimate of drug-likeness (QED) is 0.130. The van der Waals surface area contributed by atoms with Crippen molar-refractivity contribution in [3.63, 3.8) is 0 Å². The van der Waals surface area contributed by atoms with E-state index in [1.165, 1.54) is 36.4 Å². The van der Waals surface area contributed by atoms with Gasteiger partial charge in [0.15, 0.2) is 0 Å². The van der Waals surface area contributed by atoms with Gasteiger partial charge in [-0.25, -0.2) is 8.78 Å². The highest BCUT2D eigenvalue weighted by Crippen LogP contribution is 2.35. The molecule has 13 heteroatoms. The molecule has 1 atom stereocenters. The second-order valence-corrected chi connectivity index (χ2v) is 12.6. The smallest absolute Gasteiger partial charge is 0.272 e. The van der Waals surface area contributed by atoms with Gasteiger partial charge in [0.1, 0.15) is 23.0 Å². The summed E-state index contributed by atoms with van der Waals surface area (Å²) >= 11 is 11.5. The van der Waals surface area contributed by atoms with Crippen LogP contribution in [0.5, 0.6) is 0 Å². The minimum absolute atomic E-state index is 0.0186. The molecule has 0 radical (unpaired) electrons. The van der Waals surface area contributed by atoms with Gasteiger partial charge in [0.05, 0.1) is 15.8 Å². The molecule has 0 aliphatic heterocycles. The fraction of sp³-hybridized carbons (Fsp3) is 0.324. The van der Waals surface area contributed by atoms with Crippen molar-refractivity contribution in [1.29, 1.82) is 0 Å². The molecular weight excluding hydrogens is 649 g/mol. The summed E-state index contributed by atoms with van der Waals surface area (Å²) in [6.07, 6.45) is 4.99. The van der Waals surface area contributed by atoms with Gasteiger partial charge < -0.3 is 30.7 Å². The van der Waals surface area contributed by atoms with E-state index in [1.54, 1.807) is 11.6 Å². The van der Waals surface area contributed by atoms with Crippen molar-refractivity contribution < 1.29 is 23.6 Å². The third-order valence-electron chi connectivity index (χ3n) is 8.97. The Morgan fingerprint density at radius 2 is 1.36 bits per heavy atom. The molecule has 9 nitrogen and oxygen atoms in total. The van der Waals surface area contributed by atoms with E-state index in [2.05, 4.69) is 15.8 Å². The van der Waals surface area contributed by atoms with E-state index in [1.807, 2.05) is 25.5 Å². The third kappa shape index (κ3) is 6.65. The summed E-state index contributed by atoms with van der Waals surface area (Å²) in [4.78, 5) is 25.5. The van der Waals surface area contributed by atoms with Crippen molar-refractivity contribution in [2.24, 2.45) is 25.0 Å². The molecule has 5 N–H and O–H groups in total. The van der Waals surface area contributed by atoms with Crippen LogP contribution in [-0.4, -0.2) is 31.9 Å². The number of nitrogens with one attached hydrogen (secondary N) is 2. The lowest BCUT2D eigenvalue weighted by Gasteiger charge is -2.20. The van der Waals surface area contributed by atoms with Gasteiger partial charge in [-0.15, -0.1) is 0 Å². The van der Waals surface area contributed by atoms with Crippen molar-refractivity contribution in [3.05, 3.63) is 103 Å². The Balaban J connectivity index is 0.000000185. The first kappa shape index (κ1) is 34.2. The lowest BCUT2D eigenvalue weighted by Crippen LogP contribution is -2.20. The lowest BCUT2D eigenvalue weighted by molar-refractivity contribution is 0.101. The van der Waals surface area contributed by atoms with Gasteiger partial charge in [0, 0.05) is 48.5 Å². The molecule has 2 aliphatic carbocycles. The van der Waals surface area contributed by atoms with Crippen LogP contribution >= 0.6 is 23.2 Å². The zero-order valence-corrected chi connectivity index (χ0v) is 28.0. The second kappa shape index (κ2) is 13.9. The Morgan fingerprint density at radius 3 is 1.89 bits per heavy atom. The van der Waals surface area contributed by atoms with E-state index >= 15 is 0 Å². The molecule has 2 aromatic carbocycles. The van der Waals surface area contributed by atoms with Crippen LogP contribution in [0.1, 0.15) is 86.3 Å². The van der Waals surface area contributed by atoms with E-state index < -0.39 is 11.6 Å². The Hall–Kier alpha value is -4.19. The highest BCUT2D eigenvalue weighted by molar-refractivity contribution is 6.31. The number of oxime groups is 1. The number of hydrogen-bond acceptors (Lipinski definition) is 5. The summed E-state index contributed by atoms with van der Waals surface area (Å²) in [6.45, 7) is 3.87. The van der Waals surface area contributed by atoms with E-state index in [-0.39, 0.29) is 27.9 Å². The summed E-state index contributed by atoms with van der Waals surface area (Å²) in [5.74, 6) is -1.58. The number of nitrogens with zero attached hydrogens (tertiary/aromatic N) is 3. The summed E-state index contributed by atoms with van der Waals surface area (Å²) in [5, 5.41) is 18.1. The number of fused-ring (bicyclic) bond motifs is 2. The van der Waals surface area contributed by atoms with E-state index in [9.17, 15) is 23.6 Å². The number of rotatable bonds is 4. The molecular formula is C34H36Cl2F2N6O3. The largest absolute Gasteiger partial charge is 0.411 e. The van der Waals surface area contributed by atoms with Gasteiger partial charge in [-0.1, -0.05) is 28.4 Å². The van der Waals surface area contributed by atoms with Crippen LogP contribution in [0.25, 0.3) is 0 Å². The van der Waals surface area contributed by atoms with Crippen LogP contribution in [0.2, 0.25) is 10.0 Å². The summed E-state index contributed by atoms with van der Waals surface area (Å²) in [7, 11) is 3.67. The average molecular weight is 686 g/mol. The molecule has 47 heavy (non-hydrogen) atoms. The maximum absolute atomic E-state index is 13.2. The minimum atomic E-state index is -0.537. The maximum atomic E-state index is 13.2. The second-order valence-electron chi connectivity index (χ2n) is 11.8. The van der Waals surface area contributed by atoms with E-state index in [0.717, 1.165) is 65.7 Å². The van der Waals surface area contributed by atoms with Gasteiger partial charge in [-0.05, 0) is 105 Å². The summed E-state index contributed by atoms with van der Waals surface area (Å²) in [6, 6.07) is 8.15. The first-order chi connectivity index (χ1) is 22.3. The normalized spacial score (nSPS) is 16.2. The zero-order chi connectivity index (χ0) is 34.2. The zero-order valence-electron chi connectivity index (χ0n) is 26.5. The van der Waals surface area contributed by atoms with Crippen LogP contribution in [0.4, 0.5) is 20.2 Å². The van der Waals surface area contributed by atoms with Crippen molar-refractivity contribution >= 4 is 52.1 Å². The fourth-order valence-corrected chi connectivity index (χ4v) is 6.91. The van der Waals surface area contributed by atoms with E-state index in [4.69, 9.17) is 28.9 Å². The number of nitrogens with two attached hydrogens (primary N) is 1. The van der Waals surface area contributed by atoms with E-state index in [0.29, 0.717) is 34.9 Å². The molecule has 0 fully saturated rings. The number of anilines is 2. The number of benzene rings is 2. The molecule has 1 unspecified atom stereocenters. The molecule has 2 amide bonds. The molecule has 0 saturated heterocycles. The van der Waals surface area contributed by atoms with Crippen LogP contribution in [0.15, 0.2) is 41.6 Å². The van der Waals surface area contributed by atoms with Crippen LogP contribution < -0.4 is 16.4 Å². The number of halogens is 4. The first-order valence-corrected chi connectivity index (χ1v) is 15.9. The van der Waals surface area contributed by atoms with Gasteiger partial charge in [-0.3, -0.25) is 9.59 Å². The molecule has 0 saturated carbocycles. The fourth-order valence-electron chi connectivity index (χ4n) is 6.55. The molecule has 248 valence electrons. The predicted molar refractivity (Wildman–Crippen MR) is 180 cm³/mol. The number of carbonyl (C=O) groups excluding carboxylic acids is 2. The Bertz CT molecular complexity index is 1920. The molecule has 0 bridgehead atoms. The maximum Gasteiger partial charge on any atom is 0.272 e. The third-order valence-corrected chi connectivity index (χ3v) is 9.55. The van der Waals surface area contributed by atoms with Gasteiger partial charge in [0.2, 0.25) is 0 Å². The van der Waals surface area contributed by atoms with Gasteiger partial charge in [-0.2, -0.15) is 0 Å². The predicted octanol–water partition coefficient (Wildman–Crippen LogP) is 7.61. The first-order valence-electron chi connectivity index (χ1n) is 15.2. The van der Waals surface area contributed by atoms with Crippen molar-refractivity contribution in [3.8, 4) is 0 Å². The van der Waals surface area contributed by atoms with Crippen LogP contribution in [0, 0.1) is 25.5 Å². The number of amides is 2. The van der Waals surface area contributed by atoms with Crippen LogP contribution in [0.3, 0.4) is 0 Å². The van der Waals surface area contributed by atoms with Crippen molar-refractivity contribution in [1.82, 2.24) is 9.13 Å². The number of hydrogen-bond donors (Lipinski definition) is 4. The SMILES string of the molecule is Cc1c2c(c(C(=O)Nc3ccc(F)c(Cl)c3)n1C)CCCC2=NO.Cc1c2c(c(C(=O)Nc3ccc(F)c(Cl)c3)n1C)CCCC2N. The molecule has 2 heterocycles. The molecule has 6 rings (SSSR count). The Morgan fingerprint density at radius 1 is 0.851 bits per heavy atom. The van der Waals surface area contributed by atoms with Crippen LogP contribution in [-0.2, 0) is 26.9 Å². The molecule has 2 aliphatic rings. The molecule has 0 spiro atoms. The Labute approximate surface area is 281 Å². The van der Waals surface area contributed by atoms with Crippen molar-refractivity contribution in [2.45, 2.75) is 58.4 Å². The average Bonchev–Trinajstić information content (AvgIpc) is 3.46. The Kier molecular flexibility index (Phi) is 10.1. The minimum Gasteiger partial charge on any atom is -0.411 e. The number of carbonyl (C=O) groups is 2. The molecule has 4 aromatic rings.